The number of rotatable bonds is 3. The molecule has 1 aromatic heterocycles. The number of aryl methyl sites for hydroxylation is 1. The van der Waals surface area contributed by atoms with E-state index in [0.717, 1.165) is 22.5 Å². The summed E-state index contributed by atoms with van der Waals surface area (Å²) in [6, 6.07) is 7.70. The molecule has 0 atom stereocenters. The van der Waals surface area contributed by atoms with Crippen molar-refractivity contribution in [2.75, 3.05) is 5.32 Å². The Hall–Kier alpha value is -2.28. The number of benzene rings is 1. The number of carbonyl (C=O) groups excluding carboxylic acids is 2. The maximum atomic E-state index is 11.5. The van der Waals surface area contributed by atoms with Gasteiger partial charge in [0, 0.05) is 6.54 Å². The van der Waals surface area contributed by atoms with Crippen LogP contribution in [0, 0.1) is 6.92 Å². The van der Waals surface area contributed by atoms with E-state index in [2.05, 4.69) is 20.8 Å². The van der Waals surface area contributed by atoms with Gasteiger partial charge in [-0.15, -0.1) is 10.2 Å². The number of hydrogen-bond donors (Lipinski definition) is 2. The van der Waals surface area contributed by atoms with Crippen molar-refractivity contribution in [1.29, 1.82) is 0 Å². The third kappa shape index (κ3) is 3.85. The van der Waals surface area contributed by atoms with Gasteiger partial charge in [-0.2, -0.15) is 0 Å². The summed E-state index contributed by atoms with van der Waals surface area (Å²) < 4.78 is 0. The van der Waals surface area contributed by atoms with Gasteiger partial charge < -0.3 is 5.32 Å². The van der Waals surface area contributed by atoms with Gasteiger partial charge in [-0.05, 0) is 12.5 Å². The number of nitrogens with zero attached hydrogens (tertiary/aromatic N) is 2. The SMILES string of the molecule is Cc1ccc(CNC(=O)C(=O)Nc2nncs2)cc1. The molecule has 6 nitrogen and oxygen atoms in total. The maximum Gasteiger partial charge on any atom is 0.315 e. The van der Waals surface area contributed by atoms with Gasteiger partial charge >= 0.3 is 11.8 Å². The van der Waals surface area contributed by atoms with Crippen LogP contribution >= 0.6 is 11.3 Å². The first kappa shape index (κ1) is 13.2. The molecule has 0 saturated heterocycles. The fourth-order valence-corrected chi connectivity index (χ4v) is 1.79. The van der Waals surface area contributed by atoms with Gasteiger partial charge in [0.1, 0.15) is 5.51 Å². The van der Waals surface area contributed by atoms with E-state index in [9.17, 15) is 9.59 Å². The summed E-state index contributed by atoms with van der Waals surface area (Å²) in [5.74, 6) is -1.44. The molecule has 98 valence electrons. The highest BCUT2D eigenvalue weighted by atomic mass is 32.1. The number of anilines is 1. The summed E-state index contributed by atoms with van der Waals surface area (Å²) in [6.07, 6.45) is 0. The first-order chi connectivity index (χ1) is 9.15. The van der Waals surface area contributed by atoms with Crippen LogP contribution < -0.4 is 10.6 Å². The van der Waals surface area contributed by atoms with Crippen LogP contribution in [0.3, 0.4) is 0 Å². The maximum absolute atomic E-state index is 11.5. The van der Waals surface area contributed by atoms with Crippen LogP contribution in [0.25, 0.3) is 0 Å². The summed E-state index contributed by atoms with van der Waals surface area (Å²) in [7, 11) is 0. The highest BCUT2D eigenvalue weighted by Crippen LogP contribution is 2.07. The lowest BCUT2D eigenvalue weighted by atomic mass is 10.1. The second-order valence-electron chi connectivity index (χ2n) is 3.87. The van der Waals surface area contributed by atoms with E-state index in [1.165, 1.54) is 5.51 Å². The molecule has 0 aliphatic rings. The molecule has 0 spiro atoms. The van der Waals surface area contributed by atoms with Crippen molar-refractivity contribution in [2.24, 2.45) is 0 Å². The highest BCUT2D eigenvalue weighted by molar-refractivity contribution is 7.13. The zero-order chi connectivity index (χ0) is 13.7. The Labute approximate surface area is 113 Å². The third-order valence-corrected chi connectivity index (χ3v) is 2.97. The Balaban J connectivity index is 1.84. The topological polar surface area (TPSA) is 84.0 Å². The normalized spacial score (nSPS) is 9.95. The van der Waals surface area contributed by atoms with Gasteiger partial charge in [0.05, 0.1) is 0 Å². The number of nitrogens with one attached hydrogen (secondary N) is 2. The van der Waals surface area contributed by atoms with E-state index in [0.29, 0.717) is 11.7 Å². The summed E-state index contributed by atoms with van der Waals surface area (Å²) in [4.78, 5) is 23.0. The number of hydrogen-bond acceptors (Lipinski definition) is 5. The van der Waals surface area contributed by atoms with Crippen LogP contribution in [0.2, 0.25) is 0 Å². The smallest absolute Gasteiger partial charge is 0.315 e. The minimum absolute atomic E-state index is 0.301. The largest absolute Gasteiger partial charge is 0.344 e. The lowest BCUT2D eigenvalue weighted by Gasteiger charge is -2.05. The molecular formula is C12H12N4O2S. The Morgan fingerprint density at radius 2 is 1.95 bits per heavy atom. The lowest BCUT2D eigenvalue weighted by molar-refractivity contribution is -0.136. The van der Waals surface area contributed by atoms with Gasteiger partial charge in [0.25, 0.3) is 0 Å². The quantitative estimate of drug-likeness (QED) is 0.822. The van der Waals surface area contributed by atoms with E-state index in [-0.39, 0.29) is 0 Å². The summed E-state index contributed by atoms with van der Waals surface area (Å²) in [5, 5.41) is 12.4. The van der Waals surface area contributed by atoms with Crippen molar-refractivity contribution in [3.63, 3.8) is 0 Å². The van der Waals surface area contributed by atoms with Crippen LogP contribution in [-0.2, 0) is 16.1 Å². The second kappa shape index (κ2) is 6.05. The number of aromatic nitrogens is 2. The zero-order valence-electron chi connectivity index (χ0n) is 10.2. The van der Waals surface area contributed by atoms with Crippen LogP contribution in [0.15, 0.2) is 29.8 Å². The first-order valence-corrected chi connectivity index (χ1v) is 6.44. The van der Waals surface area contributed by atoms with E-state index >= 15 is 0 Å². The van der Waals surface area contributed by atoms with Gasteiger partial charge in [-0.3, -0.25) is 14.9 Å². The molecular weight excluding hydrogens is 264 g/mol. The first-order valence-electron chi connectivity index (χ1n) is 5.56. The average molecular weight is 276 g/mol. The predicted octanol–water partition coefficient (Wildman–Crippen LogP) is 1.10. The Morgan fingerprint density at radius 3 is 2.58 bits per heavy atom. The van der Waals surface area contributed by atoms with Crippen LogP contribution in [-0.4, -0.2) is 22.0 Å². The molecule has 0 unspecified atom stereocenters. The van der Waals surface area contributed by atoms with Crippen LogP contribution in [0.5, 0.6) is 0 Å². The molecule has 7 heteroatoms. The van der Waals surface area contributed by atoms with Gasteiger partial charge in [0.2, 0.25) is 5.13 Å². The number of carbonyl (C=O) groups is 2. The minimum Gasteiger partial charge on any atom is -0.344 e. The van der Waals surface area contributed by atoms with Crippen molar-refractivity contribution in [3.8, 4) is 0 Å². The van der Waals surface area contributed by atoms with Gasteiger partial charge in [0.15, 0.2) is 0 Å². The van der Waals surface area contributed by atoms with Crippen molar-refractivity contribution < 1.29 is 9.59 Å². The van der Waals surface area contributed by atoms with E-state index in [1.807, 2.05) is 31.2 Å². The fourth-order valence-electron chi connectivity index (χ4n) is 1.35. The molecule has 0 aliphatic carbocycles. The molecule has 2 aromatic rings. The van der Waals surface area contributed by atoms with Gasteiger partial charge in [-0.25, -0.2) is 0 Å². The third-order valence-electron chi connectivity index (χ3n) is 2.36. The molecule has 0 saturated carbocycles. The molecule has 2 amide bonds. The van der Waals surface area contributed by atoms with E-state index in [1.54, 1.807) is 0 Å². The predicted molar refractivity (Wildman–Crippen MR) is 71.6 cm³/mol. The van der Waals surface area contributed by atoms with Crippen molar-refractivity contribution >= 4 is 28.3 Å². The molecule has 1 aromatic carbocycles. The Bertz CT molecular complexity index is 566. The summed E-state index contributed by atoms with van der Waals surface area (Å²) in [5.41, 5.74) is 3.55. The van der Waals surface area contributed by atoms with E-state index < -0.39 is 11.8 Å². The van der Waals surface area contributed by atoms with Crippen molar-refractivity contribution in [3.05, 3.63) is 40.9 Å². The molecule has 1 heterocycles. The van der Waals surface area contributed by atoms with Crippen molar-refractivity contribution in [1.82, 2.24) is 15.5 Å². The second-order valence-corrected chi connectivity index (χ2v) is 4.70. The molecule has 0 fully saturated rings. The Morgan fingerprint density at radius 1 is 1.21 bits per heavy atom. The lowest BCUT2D eigenvalue weighted by Crippen LogP contribution is -2.34. The minimum atomic E-state index is -0.746. The molecule has 0 radical (unpaired) electrons. The molecule has 0 aliphatic heterocycles. The average Bonchev–Trinajstić information content (AvgIpc) is 2.90. The molecule has 19 heavy (non-hydrogen) atoms. The Kier molecular flexibility index (Phi) is 4.19. The summed E-state index contributed by atoms with van der Waals surface area (Å²) >= 11 is 1.15. The molecule has 2 rings (SSSR count). The molecule has 0 bridgehead atoms. The fraction of sp³-hybridized carbons (Fsp3) is 0.167. The van der Waals surface area contributed by atoms with Crippen molar-refractivity contribution in [2.45, 2.75) is 13.5 Å². The zero-order valence-corrected chi connectivity index (χ0v) is 11.0. The molecule has 2 N–H and O–H groups in total. The van der Waals surface area contributed by atoms with E-state index in [4.69, 9.17) is 0 Å². The highest BCUT2D eigenvalue weighted by Gasteiger charge is 2.14. The monoisotopic (exact) mass is 276 g/mol. The standard InChI is InChI=1S/C12H12N4O2S/c1-8-2-4-9(5-3-8)6-13-10(17)11(18)15-12-16-14-7-19-12/h2-5,7H,6H2,1H3,(H,13,17)(H,15,16,18). The van der Waals surface area contributed by atoms with Gasteiger partial charge in [-0.1, -0.05) is 41.2 Å². The summed E-state index contributed by atoms with van der Waals surface area (Å²) in [6.45, 7) is 2.29. The number of amides is 2. The van der Waals surface area contributed by atoms with Crippen LogP contribution in [0.1, 0.15) is 11.1 Å². The van der Waals surface area contributed by atoms with Crippen LogP contribution in [0.4, 0.5) is 5.13 Å².